The van der Waals surface area contributed by atoms with Crippen molar-refractivity contribution in [3.63, 3.8) is 0 Å². The fourth-order valence-corrected chi connectivity index (χ4v) is 5.71. The average Bonchev–Trinajstić information content (AvgIpc) is 3.46. The van der Waals surface area contributed by atoms with Gasteiger partial charge in [0, 0.05) is 45.8 Å². The van der Waals surface area contributed by atoms with E-state index in [1.54, 1.807) is 23.5 Å². The summed E-state index contributed by atoms with van der Waals surface area (Å²) >= 11 is 1.55. The highest BCUT2D eigenvalue weighted by Crippen LogP contribution is 2.39. The maximum Gasteiger partial charge on any atom is 0.435 e. The number of hydrogen-bond donors (Lipinski definition) is 2. The third kappa shape index (κ3) is 5.97. The molecule has 1 fully saturated rings. The number of alkyl carbamates (subject to hydrolysis) is 1. The molecule has 5 rings (SSSR count). The van der Waals surface area contributed by atoms with E-state index in [2.05, 4.69) is 30.5 Å². The predicted molar refractivity (Wildman–Crippen MR) is 149 cm³/mol. The number of hydrogen-bond acceptors (Lipinski definition) is 8. The van der Waals surface area contributed by atoms with Gasteiger partial charge >= 0.3 is 12.3 Å². The van der Waals surface area contributed by atoms with Crippen LogP contribution in [0.3, 0.4) is 0 Å². The van der Waals surface area contributed by atoms with Crippen LogP contribution in [-0.4, -0.2) is 49.7 Å². The molecule has 0 bridgehead atoms. The highest BCUT2D eigenvalue weighted by molar-refractivity contribution is 7.15. The molecule has 1 aliphatic heterocycles. The molecule has 8 nitrogen and oxygen atoms in total. The van der Waals surface area contributed by atoms with Crippen LogP contribution in [0.25, 0.3) is 21.2 Å². The van der Waals surface area contributed by atoms with E-state index in [9.17, 15) is 18.0 Å². The fourth-order valence-electron chi connectivity index (χ4n) is 4.64. The standard InChI is InChI=1S/C28H28F3N5O3S/c1-17(23-9-10-24(40-23)20-6-4-3-5-18(20)16-32-27(37)38-2)33-26-22-15-19(36-11-13-39-14-12-36)7-8-21(22)25(34-35-26)28(29,30)31/h3-10,15,17H,11-14,16H2,1-2H3,(H,32,37)(H,33,35). The van der Waals surface area contributed by atoms with Gasteiger partial charge in [-0.1, -0.05) is 24.3 Å². The zero-order valence-corrected chi connectivity index (χ0v) is 22.7. The van der Waals surface area contributed by atoms with Gasteiger partial charge in [0.25, 0.3) is 0 Å². The quantitative estimate of drug-likeness (QED) is 0.271. The van der Waals surface area contributed by atoms with Gasteiger partial charge in [0.1, 0.15) is 0 Å². The Hall–Kier alpha value is -3.90. The van der Waals surface area contributed by atoms with Gasteiger partial charge in [0.2, 0.25) is 0 Å². The van der Waals surface area contributed by atoms with Gasteiger partial charge in [-0.05, 0) is 48.4 Å². The molecule has 1 aliphatic rings. The van der Waals surface area contributed by atoms with Crippen molar-refractivity contribution < 1.29 is 27.4 Å². The number of thiophene rings is 1. The molecule has 2 aromatic carbocycles. The summed E-state index contributed by atoms with van der Waals surface area (Å²) in [6.07, 6.45) is -5.14. The zero-order valence-electron chi connectivity index (χ0n) is 21.9. The first kappa shape index (κ1) is 27.7. The lowest BCUT2D eigenvalue weighted by Gasteiger charge is -2.29. The van der Waals surface area contributed by atoms with Crippen molar-refractivity contribution in [2.24, 2.45) is 0 Å². The lowest BCUT2D eigenvalue weighted by Crippen LogP contribution is -2.36. The lowest BCUT2D eigenvalue weighted by atomic mass is 10.1. The van der Waals surface area contributed by atoms with E-state index >= 15 is 0 Å². The number of morpholine rings is 1. The Morgan fingerprint density at radius 3 is 2.62 bits per heavy atom. The molecule has 0 spiro atoms. The number of carbonyl (C=O) groups excluding carboxylic acids is 1. The largest absolute Gasteiger partial charge is 0.453 e. The number of halogens is 3. The van der Waals surface area contributed by atoms with E-state index in [-0.39, 0.29) is 17.2 Å². The summed E-state index contributed by atoms with van der Waals surface area (Å²) in [4.78, 5) is 15.6. The van der Waals surface area contributed by atoms with Crippen molar-refractivity contribution in [1.82, 2.24) is 15.5 Å². The molecule has 0 radical (unpaired) electrons. The number of fused-ring (bicyclic) bond motifs is 1. The Morgan fingerprint density at radius 2 is 1.88 bits per heavy atom. The molecule has 4 aromatic rings. The summed E-state index contributed by atoms with van der Waals surface area (Å²) in [5.41, 5.74) is 1.70. The number of nitrogens with zero attached hydrogens (tertiary/aromatic N) is 3. The number of anilines is 2. The Labute approximate surface area is 233 Å². The van der Waals surface area contributed by atoms with Crippen LogP contribution in [0, 0.1) is 0 Å². The monoisotopic (exact) mass is 571 g/mol. The number of methoxy groups -OCH3 is 1. The summed E-state index contributed by atoms with van der Waals surface area (Å²) < 4.78 is 51.4. The molecule has 0 saturated carbocycles. The normalized spacial score (nSPS) is 14.7. The van der Waals surface area contributed by atoms with Gasteiger partial charge in [0.05, 0.1) is 26.4 Å². The van der Waals surface area contributed by atoms with E-state index in [0.29, 0.717) is 38.2 Å². The Balaban J connectivity index is 1.44. The molecule has 210 valence electrons. The second-order valence-corrected chi connectivity index (χ2v) is 10.4. The van der Waals surface area contributed by atoms with E-state index < -0.39 is 18.0 Å². The summed E-state index contributed by atoms with van der Waals surface area (Å²) in [6.45, 7) is 4.67. The third-order valence-electron chi connectivity index (χ3n) is 6.71. The van der Waals surface area contributed by atoms with E-state index in [1.807, 2.05) is 43.3 Å². The maximum atomic E-state index is 13.8. The van der Waals surface area contributed by atoms with E-state index in [4.69, 9.17) is 4.74 Å². The second-order valence-electron chi connectivity index (χ2n) is 9.29. The number of amides is 1. The van der Waals surface area contributed by atoms with Gasteiger partial charge in [-0.3, -0.25) is 0 Å². The molecule has 1 atom stereocenters. The minimum Gasteiger partial charge on any atom is -0.453 e. The number of aromatic nitrogens is 2. The van der Waals surface area contributed by atoms with Crippen LogP contribution < -0.4 is 15.5 Å². The lowest BCUT2D eigenvalue weighted by molar-refractivity contribution is -0.140. The van der Waals surface area contributed by atoms with Crippen LogP contribution in [-0.2, 0) is 22.2 Å². The highest BCUT2D eigenvalue weighted by Gasteiger charge is 2.36. The van der Waals surface area contributed by atoms with Crippen molar-refractivity contribution >= 4 is 39.7 Å². The van der Waals surface area contributed by atoms with Gasteiger partial charge in [-0.15, -0.1) is 21.5 Å². The van der Waals surface area contributed by atoms with Crippen molar-refractivity contribution in [2.75, 3.05) is 43.6 Å². The second kappa shape index (κ2) is 11.7. The van der Waals surface area contributed by atoms with Crippen LogP contribution in [0.5, 0.6) is 0 Å². The van der Waals surface area contributed by atoms with Gasteiger partial charge in [0.15, 0.2) is 11.5 Å². The van der Waals surface area contributed by atoms with Crippen molar-refractivity contribution in [1.29, 1.82) is 0 Å². The fraction of sp³-hybridized carbons (Fsp3) is 0.321. The average molecular weight is 572 g/mol. The SMILES string of the molecule is COC(=O)NCc1ccccc1-c1ccc(C(C)Nc2nnc(C(F)(F)F)c3ccc(N4CCOCC4)cc23)s1. The molecule has 2 aromatic heterocycles. The molecule has 0 aliphatic carbocycles. The number of alkyl halides is 3. The van der Waals surface area contributed by atoms with Gasteiger partial charge < -0.3 is 25.0 Å². The number of nitrogens with one attached hydrogen (secondary N) is 2. The number of rotatable bonds is 7. The van der Waals surface area contributed by atoms with Gasteiger partial charge in [-0.25, -0.2) is 4.79 Å². The van der Waals surface area contributed by atoms with Crippen molar-refractivity contribution in [3.8, 4) is 10.4 Å². The minimum atomic E-state index is -4.63. The van der Waals surface area contributed by atoms with Crippen LogP contribution in [0.1, 0.15) is 29.1 Å². The number of benzene rings is 2. The first-order valence-electron chi connectivity index (χ1n) is 12.7. The Morgan fingerprint density at radius 1 is 1.10 bits per heavy atom. The van der Waals surface area contributed by atoms with Crippen molar-refractivity contribution in [2.45, 2.75) is 25.7 Å². The molecular formula is C28H28F3N5O3S. The van der Waals surface area contributed by atoms with Crippen LogP contribution in [0.15, 0.2) is 54.6 Å². The Kier molecular flexibility index (Phi) is 8.08. The third-order valence-corrected chi connectivity index (χ3v) is 8.01. The van der Waals surface area contributed by atoms with Crippen molar-refractivity contribution in [3.05, 3.63) is 70.7 Å². The van der Waals surface area contributed by atoms with Crippen LogP contribution in [0.4, 0.5) is 29.5 Å². The maximum absolute atomic E-state index is 13.8. The molecule has 1 unspecified atom stereocenters. The molecule has 1 saturated heterocycles. The first-order chi connectivity index (χ1) is 19.2. The molecule has 3 heterocycles. The minimum absolute atomic E-state index is 0.00638. The summed E-state index contributed by atoms with van der Waals surface area (Å²) in [7, 11) is 1.31. The van der Waals surface area contributed by atoms with Crippen LogP contribution >= 0.6 is 11.3 Å². The topological polar surface area (TPSA) is 88.6 Å². The molecule has 12 heteroatoms. The van der Waals surface area contributed by atoms with Gasteiger partial charge in [-0.2, -0.15) is 13.2 Å². The van der Waals surface area contributed by atoms with Crippen LogP contribution in [0.2, 0.25) is 0 Å². The Bertz CT molecular complexity index is 1500. The summed E-state index contributed by atoms with van der Waals surface area (Å²) in [5.74, 6) is 0.281. The smallest absolute Gasteiger partial charge is 0.435 e. The molecule has 40 heavy (non-hydrogen) atoms. The molecule has 2 N–H and O–H groups in total. The summed E-state index contributed by atoms with van der Waals surface area (Å²) in [5, 5.41) is 13.9. The van der Waals surface area contributed by atoms with E-state index in [1.165, 1.54) is 13.2 Å². The molecular weight excluding hydrogens is 543 g/mol. The molecule has 1 amide bonds. The zero-order chi connectivity index (χ0) is 28.3. The number of carbonyl (C=O) groups is 1. The first-order valence-corrected chi connectivity index (χ1v) is 13.5. The predicted octanol–water partition coefficient (Wildman–Crippen LogP) is 6.24. The van der Waals surface area contributed by atoms with E-state index in [0.717, 1.165) is 26.6 Å². The summed E-state index contributed by atoms with van der Waals surface area (Å²) in [6, 6.07) is 16.3. The highest BCUT2D eigenvalue weighted by atomic mass is 32.1. The number of ether oxygens (including phenoxy) is 2.